The fourth-order valence-electron chi connectivity index (χ4n) is 2.29. The van der Waals surface area contributed by atoms with Gasteiger partial charge in [0.25, 0.3) is 0 Å². The first kappa shape index (κ1) is 14.4. The molecule has 0 aliphatic carbocycles. The minimum absolute atomic E-state index is 0.276. The SMILES string of the molecule is Cc1cc(F)ccc1-c1nc(Cl)c2c(Br)ccc(C)c2n1. The van der Waals surface area contributed by atoms with Crippen molar-refractivity contribution in [3.63, 3.8) is 0 Å². The van der Waals surface area contributed by atoms with Gasteiger partial charge in [-0.1, -0.05) is 17.7 Å². The van der Waals surface area contributed by atoms with Gasteiger partial charge in [-0.3, -0.25) is 0 Å². The van der Waals surface area contributed by atoms with Gasteiger partial charge in [-0.15, -0.1) is 0 Å². The van der Waals surface area contributed by atoms with Crippen molar-refractivity contribution < 1.29 is 4.39 Å². The summed E-state index contributed by atoms with van der Waals surface area (Å²) in [5.74, 6) is 0.230. The molecule has 3 rings (SSSR count). The molecule has 2 aromatic carbocycles. The van der Waals surface area contributed by atoms with E-state index >= 15 is 0 Å². The molecule has 5 heteroatoms. The number of hydrogen-bond donors (Lipinski definition) is 0. The first-order valence-corrected chi connectivity index (χ1v) is 7.53. The minimum Gasteiger partial charge on any atom is -0.228 e. The van der Waals surface area contributed by atoms with E-state index in [0.717, 1.165) is 32.1 Å². The fraction of sp³-hybridized carbons (Fsp3) is 0.125. The van der Waals surface area contributed by atoms with Crippen molar-refractivity contribution in [2.24, 2.45) is 0 Å². The van der Waals surface area contributed by atoms with Crippen LogP contribution in [0.4, 0.5) is 4.39 Å². The molecule has 3 aromatic rings. The van der Waals surface area contributed by atoms with Crippen molar-refractivity contribution in [1.29, 1.82) is 0 Å². The molecule has 0 saturated carbocycles. The molecule has 106 valence electrons. The topological polar surface area (TPSA) is 25.8 Å². The molecule has 0 aliphatic rings. The maximum Gasteiger partial charge on any atom is 0.161 e. The molecule has 1 aromatic heterocycles. The molecule has 0 saturated heterocycles. The maximum absolute atomic E-state index is 13.2. The van der Waals surface area contributed by atoms with Crippen LogP contribution in [0.15, 0.2) is 34.8 Å². The first-order chi connectivity index (χ1) is 9.97. The Morgan fingerprint density at radius 2 is 1.81 bits per heavy atom. The van der Waals surface area contributed by atoms with Crippen LogP contribution in [0.1, 0.15) is 11.1 Å². The minimum atomic E-state index is -0.276. The molecular weight excluding hydrogens is 355 g/mol. The van der Waals surface area contributed by atoms with E-state index in [2.05, 4.69) is 25.9 Å². The molecule has 0 spiro atoms. The Kier molecular flexibility index (Phi) is 3.68. The van der Waals surface area contributed by atoms with Crippen molar-refractivity contribution in [2.45, 2.75) is 13.8 Å². The summed E-state index contributed by atoms with van der Waals surface area (Å²) in [5.41, 5.74) is 3.36. The van der Waals surface area contributed by atoms with Gasteiger partial charge in [0.1, 0.15) is 11.0 Å². The van der Waals surface area contributed by atoms with Crippen molar-refractivity contribution >= 4 is 38.4 Å². The summed E-state index contributed by atoms with van der Waals surface area (Å²) in [4.78, 5) is 8.98. The smallest absolute Gasteiger partial charge is 0.161 e. The van der Waals surface area contributed by atoms with Crippen LogP contribution in [0.5, 0.6) is 0 Å². The van der Waals surface area contributed by atoms with Crippen molar-refractivity contribution in [3.05, 3.63) is 56.9 Å². The van der Waals surface area contributed by atoms with E-state index in [9.17, 15) is 4.39 Å². The van der Waals surface area contributed by atoms with E-state index in [0.29, 0.717) is 11.0 Å². The highest BCUT2D eigenvalue weighted by molar-refractivity contribution is 9.10. The van der Waals surface area contributed by atoms with Crippen LogP contribution < -0.4 is 0 Å². The molecule has 0 aliphatic heterocycles. The summed E-state index contributed by atoms with van der Waals surface area (Å²) < 4.78 is 14.1. The summed E-state index contributed by atoms with van der Waals surface area (Å²) in [6.45, 7) is 3.80. The number of hydrogen-bond acceptors (Lipinski definition) is 2. The second kappa shape index (κ2) is 5.35. The molecule has 2 nitrogen and oxygen atoms in total. The third-order valence-electron chi connectivity index (χ3n) is 3.39. The molecule has 0 fully saturated rings. The summed E-state index contributed by atoms with van der Waals surface area (Å²) in [6.07, 6.45) is 0. The Hall–Kier alpha value is -1.52. The fourth-order valence-corrected chi connectivity index (χ4v) is 3.18. The van der Waals surface area contributed by atoms with E-state index in [4.69, 9.17) is 11.6 Å². The van der Waals surface area contributed by atoms with Crippen LogP contribution in [0.3, 0.4) is 0 Å². The first-order valence-electron chi connectivity index (χ1n) is 6.36. The van der Waals surface area contributed by atoms with E-state index in [-0.39, 0.29) is 5.82 Å². The highest BCUT2D eigenvalue weighted by Crippen LogP contribution is 2.33. The van der Waals surface area contributed by atoms with Crippen LogP contribution >= 0.6 is 27.5 Å². The van der Waals surface area contributed by atoms with Crippen molar-refractivity contribution in [1.82, 2.24) is 9.97 Å². The average Bonchev–Trinajstić information content (AvgIpc) is 2.42. The molecule has 0 radical (unpaired) electrons. The Labute approximate surface area is 135 Å². The van der Waals surface area contributed by atoms with E-state index in [1.54, 1.807) is 6.07 Å². The number of benzene rings is 2. The molecule has 0 N–H and O–H groups in total. The zero-order valence-corrected chi connectivity index (χ0v) is 13.8. The molecule has 0 atom stereocenters. The maximum atomic E-state index is 13.2. The zero-order chi connectivity index (χ0) is 15.1. The Morgan fingerprint density at radius 3 is 2.52 bits per heavy atom. The van der Waals surface area contributed by atoms with Crippen LogP contribution in [-0.4, -0.2) is 9.97 Å². The summed E-state index contributed by atoms with van der Waals surface area (Å²) >= 11 is 9.79. The monoisotopic (exact) mass is 364 g/mol. The predicted octanol–water partition coefficient (Wildman–Crippen LogP) is 5.47. The zero-order valence-electron chi connectivity index (χ0n) is 11.4. The Bertz CT molecular complexity index is 865. The van der Waals surface area contributed by atoms with Crippen LogP contribution in [-0.2, 0) is 0 Å². The lowest BCUT2D eigenvalue weighted by atomic mass is 10.1. The van der Waals surface area contributed by atoms with E-state index < -0.39 is 0 Å². The van der Waals surface area contributed by atoms with Gasteiger partial charge < -0.3 is 0 Å². The molecule has 0 unspecified atom stereocenters. The van der Waals surface area contributed by atoms with Gasteiger partial charge in [-0.05, 0) is 65.2 Å². The molecule has 0 amide bonds. The van der Waals surface area contributed by atoms with Crippen LogP contribution in [0.2, 0.25) is 5.15 Å². The lowest BCUT2D eigenvalue weighted by Gasteiger charge is -2.10. The van der Waals surface area contributed by atoms with Gasteiger partial charge in [0.2, 0.25) is 0 Å². The number of rotatable bonds is 1. The Balaban J connectivity index is 2.33. The summed E-state index contributed by atoms with van der Waals surface area (Å²) in [7, 11) is 0. The average molecular weight is 366 g/mol. The highest BCUT2D eigenvalue weighted by atomic mass is 79.9. The lowest BCUT2D eigenvalue weighted by molar-refractivity contribution is 0.627. The van der Waals surface area contributed by atoms with E-state index in [1.165, 1.54) is 12.1 Å². The lowest BCUT2D eigenvalue weighted by Crippen LogP contribution is -1.96. The van der Waals surface area contributed by atoms with Gasteiger partial charge in [0.15, 0.2) is 5.82 Å². The van der Waals surface area contributed by atoms with Gasteiger partial charge >= 0.3 is 0 Å². The number of aryl methyl sites for hydroxylation is 2. The predicted molar refractivity (Wildman–Crippen MR) is 87.1 cm³/mol. The normalized spacial score (nSPS) is 11.1. The second-order valence-corrected chi connectivity index (χ2v) is 6.10. The number of nitrogens with zero attached hydrogens (tertiary/aromatic N) is 2. The third-order valence-corrected chi connectivity index (χ3v) is 4.32. The molecule has 21 heavy (non-hydrogen) atoms. The summed E-state index contributed by atoms with van der Waals surface area (Å²) in [5, 5.41) is 1.18. The third kappa shape index (κ3) is 2.54. The summed E-state index contributed by atoms with van der Waals surface area (Å²) in [6, 6.07) is 8.43. The van der Waals surface area contributed by atoms with Crippen molar-refractivity contribution in [3.8, 4) is 11.4 Å². The van der Waals surface area contributed by atoms with E-state index in [1.807, 2.05) is 26.0 Å². The standard InChI is InChI=1S/C16H11BrClFN2/c1-8-3-6-12(17)13-14(8)20-16(21-15(13)18)11-5-4-10(19)7-9(11)2/h3-7H,1-2H3. The number of halogens is 3. The molecular formula is C16H11BrClFN2. The van der Waals surface area contributed by atoms with Gasteiger partial charge in [-0.2, -0.15) is 0 Å². The highest BCUT2D eigenvalue weighted by Gasteiger charge is 2.14. The largest absolute Gasteiger partial charge is 0.228 e. The van der Waals surface area contributed by atoms with Gasteiger partial charge in [-0.25, -0.2) is 14.4 Å². The van der Waals surface area contributed by atoms with Crippen LogP contribution in [0.25, 0.3) is 22.3 Å². The number of aromatic nitrogens is 2. The Morgan fingerprint density at radius 1 is 1.05 bits per heavy atom. The van der Waals surface area contributed by atoms with Crippen LogP contribution in [0, 0.1) is 19.7 Å². The molecule has 0 bridgehead atoms. The second-order valence-electron chi connectivity index (χ2n) is 4.89. The quantitative estimate of drug-likeness (QED) is 0.534. The van der Waals surface area contributed by atoms with Crippen molar-refractivity contribution in [2.75, 3.05) is 0 Å². The van der Waals surface area contributed by atoms with Gasteiger partial charge in [0, 0.05) is 10.0 Å². The number of fused-ring (bicyclic) bond motifs is 1. The van der Waals surface area contributed by atoms with Gasteiger partial charge in [0.05, 0.1) is 10.9 Å². The molecule has 1 heterocycles.